The molecule has 0 aliphatic carbocycles. The van der Waals surface area contributed by atoms with Crippen LogP contribution < -0.4 is 0 Å². The minimum absolute atomic E-state index is 0.0996. The van der Waals surface area contributed by atoms with Gasteiger partial charge in [-0.05, 0) is 98.6 Å². The Balaban J connectivity index is 2.14. The first kappa shape index (κ1) is 40.1. The molecule has 0 fully saturated rings. The standard InChI is InChI=1S/C38H58O8S/c1-15-37(11,12)31-17-21(3)29(25(7)33(31)39)19-45-35(41)23(5)27(9)47(43,44)28(10)24(6)36(42)46-20-30-22(4)18-32(34(40)26(30)8)38(13,14)16-2/h17-18,23-24,27-28,39-40H,15-16,19-20H2,1-14H3. The fourth-order valence-electron chi connectivity index (χ4n) is 5.72. The van der Waals surface area contributed by atoms with Crippen molar-refractivity contribution in [2.24, 2.45) is 11.8 Å². The number of ether oxygens (including phenoxy) is 2. The molecular formula is C38H58O8S. The van der Waals surface area contributed by atoms with Gasteiger partial charge in [-0.15, -0.1) is 0 Å². The molecule has 0 bridgehead atoms. The maximum atomic E-state index is 13.6. The number of benzene rings is 2. The summed E-state index contributed by atoms with van der Waals surface area (Å²) >= 11 is 0. The summed E-state index contributed by atoms with van der Waals surface area (Å²) in [6.07, 6.45) is 1.67. The third kappa shape index (κ3) is 8.33. The summed E-state index contributed by atoms with van der Waals surface area (Å²) in [6, 6.07) is 3.84. The van der Waals surface area contributed by atoms with Crippen LogP contribution in [0, 0.1) is 39.5 Å². The van der Waals surface area contributed by atoms with Gasteiger partial charge in [-0.3, -0.25) is 9.59 Å². The molecule has 0 amide bonds. The highest BCUT2D eigenvalue weighted by atomic mass is 32.2. The molecule has 47 heavy (non-hydrogen) atoms. The number of sulfone groups is 1. The van der Waals surface area contributed by atoms with Crippen LogP contribution in [0.3, 0.4) is 0 Å². The van der Waals surface area contributed by atoms with Crippen LogP contribution in [0.2, 0.25) is 0 Å². The predicted octanol–water partition coefficient (Wildman–Crippen LogP) is 7.96. The van der Waals surface area contributed by atoms with E-state index in [1.165, 1.54) is 27.7 Å². The number of aryl methyl sites for hydroxylation is 2. The van der Waals surface area contributed by atoms with Crippen LogP contribution in [0.5, 0.6) is 11.5 Å². The van der Waals surface area contributed by atoms with Gasteiger partial charge in [-0.2, -0.15) is 0 Å². The zero-order valence-corrected chi connectivity index (χ0v) is 31.9. The summed E-state index contributed by atoms with van der Waals surface area (Å²) in [7, 11) is -3.97. The molecule has 0 saturated carbocycles. The fourth-order valence-corrected chi connectivity index (χ4v) is 7.76. The smallest absolute Gasteiger partial charge is 0.310 e. The second-order valence-corrected chi connectivity index (χ2v) is 17.3. The largest absolute Gasteiger partial charge is 0.507 e. The average Bonchev–Trinajstić information content (AvgIpc) is 3.02. The van der Waals surface area contributed by atoms with Crippen molar-refractivity contribution >= 4 is 21.8 Å². The van der Waals surface area contributed by atoms with Crippen LogP contribution in [-0.2, 0) is 52.9 Å². The van der Waals surface area contributed by atoms with Crippen LogP contribution in [0.15, 0.2) is 12.1 Å². The van der Waals surface area contributed by atoms with Crippen molar-refractivity contribution < 1.29 is 37.7 Å². The highest BCUT2D eigenvalue weighted by molar-refractivity contribution is 7.92. The number of rotatable bonds is 14. The molecule has 4 unspecified atom stereocenters. The van der Waals surface area contributed by atoms with Gasteiger partial charge in [0.1, 0.15) is 24.7 Å². The van der Waals surface area contributed by atoms with Crippen LogP contribution in [0.25, 0.3) is 0 Å². The van der Waals surface area contributed by atoms with Gasteiger partial charge in [0.05, 0.1) is 22.3 Å². The van der Waals surface area contributed by atoms with Gasteiger partial charge in [0, 0.05) is 11.1 Å². The molecule has 9 heteroatoms. The zero-order chi connectivity index (χ0) is 36.4. The molecule has 264 valence electrons. The molecular weight excluding hydrogens is 616 g/mol. The van der Waals surface area contributed by atoms with E-state index in [1.54, 1.807) is 13.8 Å². The molecule has 2 aromatic rings. The molecule has 0 radical (unpaired) electrons. The lowest BCUT2D eigenvalue weighted by Gasteiger charge is -2.28. The maximum absolute atomic E-state index is 13.6. The lowest BCUT2D eigenvalue weighted by atomic mass is 9.79. The van der Waals surface area contributed by atoms with Gasteiger partial charge in [-0.25, -0.2) is 8.42 Å². The summed E-state index contributed by atoms with van der Waals surface area (Å²) < 4.78 is 38.4. The van der Waals surface area contributed by atoms with Gasteiger partial charge in [0.15, 0.2) is 9.84 Å². The topological polar surface area (TPSA) is 127 Å². The van der Waals surface area contributed by atoms with E-state index in [1.807, 2.05) is 26.0 Å². The van der Waals surface area contributed by atoms with E-state index in [-0.39, 0.29) is 35.5 Å². The Kier molecular flexibility index (Phi) is 12.8. The molecule has 2 aromatic carbocycles. The van der Waals surface area contributed by atoms with Gasteiger partial charge in [0.25, 0.3) is 0 Å². The van der Waals surface area contributed by atoms with Crippen LogP contribution in [0.1, 0.15) is 127 Å². The van der Waals surface area contributed by atoms with E-state index < -0.39 is 44.1 Å². The van der Waals surface area contributed by atoms with Gasteiger partial charge < -0.3 is 19.7 Å². The Labute approximate surface area is 283 Å². The van der Waals surface area contributed by atoms with Crippen molar-refractivity contribution in [1.82, 2.24) is 0 Å². The normalized spacial score (nSPS) is 15.1. The molecule has 0 aromatic heterocycles. The van der Waals surface area contributed by atoms with Crippen LogP contribution >= 0.6 is 0 Å². The van der Waals surface area contributed by atoms with E-state index >= 15 is 0 Å². The van der Waals surface area contributed by atoms with Crippen molar-refractivity contribution in [2.45, 2.75) is 144 Å². The molecule has 4 atom stereocenters. The van der Waals surface area contributed by atoms with Gasteiger partial charge in [0.2, 0.25) is 0 Å². The van der Waals surface area contributed by atoms with Crippen molar-refractivity contribution in [3.63, 3.8) is 0 Å². The average molecular weight is 675 g/mol. The number of hydrogen-bond acceptors (Lipinski definition) is 8. The molecule has 0 spiro atoms. The second kappa shape index (κ2) is 15.0. The number of carbonyl (C=O) groups is 2. The minimum Gasteiger partial charge on any atom is -0.507 e. The fraction of sp³-hybridized carbons (Fsp3) is 0.632. The SMILES string of the molecule is CCC(C)(C)c1cc(C)c(COC(=O)C(C)C(C)S(=O)(=O)C(C)C(C)C(=O)OCc2c(C)cc(C(C)(C)CC)c(O)c2C)c(C)c1O. The van der Waals surface area contributed by atoms with E-state index in [2.05, 4.69) is 41.5 Å². The molecule has 2 N–H and O–H groups in total. The summed E-state index contributed by atoms with van der Waals surface area (Å²) in [6.45, 7) is 25.4. The summed E-state index contributed by atoms with van der Waals surface area (Å²) in [5, 5.41) is 19.6. The number of esters is 2. The predicted molar refractivity (Wildman–Crippen MR) is 188 cm³/mol. The Hall–Kier alpha value is -3.07. The highest BCUT2D eigenvalue weighted by Gasteiger charge is 2.40. The number of phenols is 2. The van der Waals surface area contributed by atoms with Crippen molar-refractivity contribution in [3.8, 4) is 11.5 Å². The number of hydrogen-bond donors (Lipinski definition) is 2. The van der Waals surface area contributed by atoms with E-state index in [9.17, 15) is 28.2 Å². The Morgan fingerprint density at radius 1 is 0.681 bits per heavy atom. The number of aromatic hydroxyl groups is 2. The van der Waals surface area contributed by atoms with Crippen LogP contribution in [-0.4, -0.2) is 41.1 Å². The first-order chi connectivity index (χ1) is 21.5. The maximum Gasteiger partial charge on any atom is 0.310 e. The van der Waals surface area contributed by atoms with E-state index in [0.29, 0.717) is 22.3 Å². The highest BCUT2D eigenvalue weighted by Crippen LogP contribution is 2.40. The lowest BCUT2D eigenvalue weighted by molar-refractivity contribution is -0.149. The molecule has 0 aliphatic heterocycles. The van der Waals surface area contributed by atoms with Crippen LogP contribution in [0.4, 0.5) is 0 Å². The minimum atomic E-state index is -3.97. The first-order valence-corrected chi connectivity index (χ1v) is 18.3. The molecule has 0 heterocycles. The third-order valence-corrected chi connectivity index (χ3v) is 13.8. The van der Waals surface area contributed by atoms with E-state index in [4.69, 9.17) is 9.47 Å². The van der Waals surface area contributed by atoms with E-state index in [0.717, 1.165) is 35.1 Å². The Morgan fingerprint density at radius 3 is 1.26 bits per heavy atom. The zero-order valence-electron chi connectivity index (χ0n) is 31.0. The van der Waals surface area contributed by atoms with Gasteiger partial charge in [-0.1, -0.05) is 67.5 Å². The third-order valence-electron chi connectivity index (χ3n) is 10.9. The number of carbonyl (C=O) groups excluding carboxylic acids is 2. The van der Waals surface area contributed by atoms with Gasteiger partial charge >= 0.3 is 11.9 Å². The van der Waals surface area contributed by atoms with Crippen molar-refractivity contribution in [2.75, 3.05) is 0 Å². The Morgan fingerprint density at radius 2 is 0.979 bits per heavy atom. The summed E-state index contributed by atoms with van der Waals surface area (Å²) in [5.74, 6) is -3.02. The van der Waals surface area contributed by atoms with Crippen molar-refractivity contribution in [1.29, 1.82) is 0 Å². The van der Waals surface area contributed by atoms with Crippen molar-refractivity contribution in [3.05, 3.63) is 56.6 Å². The molecule has 0 saturated heterocycles. The second-order valence-electron chi connectivity index (χ2n) is 14.7. The summed E-state index contributed by atoms with van der Waals surface area (Å²) in [4.78, 5) is 26.2. The number of phenolic OH excluding ortho intramolecular Hbond substituents is 2. The molecule has 0 aliphatic rings. The lowest BCUT2D eigenvalue weighted by Crippen LogP contribution is -2.41. The first-order valence-electron chi connectivity index (χ1n) is 16.7. The monoisotopic (exact) mass is 674 g/mol. The quantitative estimate of drug-likeness (QED) is 0.193. The summed E-state index contributed by atoms with van der Waals surface area (Å²) in [5.41, 5.74) is 5.57. The Bertz CT molecular complexity index is 1470. The molecule has 8 nitrogen and oxygen atoms in total. The molecule has 2 rings (SSSR count).